The van der Waals surface area contributed by atoms with Gasteiger partial charge in [-0.3, -0.25) is 0 Å². The van der Waals surface area contributed by atoms with E-state index in [0.717, 1.165) is 0 Å². The zero-order chi connectivity index (χ0) is 11.8. The Labute approximate surface area is 93.8 Å². The molecule has 1 aromatic rings. The maximum absolute atomic E-state index is 13.4. The Hall–Kier alpha value is -1.57. The van der Waals surface area contributed by atoms with E-state index in [1.165, 1.54) is 12.1 Å². The molecule has 0 bridgehead atoms. The van der Waals surface area contributed by atoms with Gasteiger partial charge in [-0.15, -0.1) is 0 Å². The molecule has 0 amide bonds. The largest absolute Gasteiger partial charge is 0.467 e. The predicted octanol–water partition coefficient (Wildman–Crippen LogP) is 1.54. The molecule has 16 heavy (non-hydrogen) atoms. The third-order valence-corrected chi connectivity index (χ3v) is 1.76. The lowest BCUT2D eigenvalue weighted by molar-refractivity contribution is 0.0222. The summed E-state index contributed by atoms with van der Waals surface area (Å²) in [6.07, 6.45) is 0. The highest BCUT2D eigenvalue weighted by atomic mass is 19.1. The van der Waals surface area contributed by atoms with Gasteiger partial charge in [0.25, 0.3) is 0 Å². The fourth-order valence-corrected chi connectivity index (χ4v) is 1.01. The van der Waals surface area contributed by atoms with Crippen molar-refractivity contribution in [3.63, 3.8) is 0 Å². The number of benzene rings is 1. The van der Waals surface area contributed by atoms with E-state index in [-0.39, 0.29) is 19.0 Å². The predicted molar refractivity (Wildman–Crippen MR) is 57.5 cm³/mol. The Morgan fingerprint density at radius 1 is 1.44 bits per heavy atom. The summed E-state index contributed by atoms with van der Waals surface area (Å²) in [4.78, 5) is 0. The summed E-state index contributed by atoms with van der Waals surface area (Å²) in [5.41, 5.74) is 0.234. The van der Waals surface area contributed by atoms with E-state index in [0.29, 0.717) is 12.4 Å². The van der Waals surface area contributed by atoms with Gasteiger partial charge in [-0.05, 0) is 19.1 Å². The zero-order valence-electron chi connectivity index (χ0n) is 9.00. The van der Waals surface area contributed by atoms with E-state index >= 15 is 0 Å². The summed E-state index contributed by atoms with van der Waals surface area (Å²) in [5.74, 6) is 4.78. The fourth-order valence-electron chi connectivity index (χ4n) is 1.01. The van der Waals surface area contributed by atoms with Crippen LogP contribution in [-0.2, 0) is 4.74 Å². The molecule has 1 N–H and O–H groups in total. The minimum absolute atomic E-state index is 0.0948. The highest BCUT2D eigenvalue weighted by Gasteiger charge is 2.01. The first-order valence-electron chi connectivity index (χ1n) is 4.87. The number of hydrogen-bond acceptors (Lipinski definition) is 3. The van der Waals surface area contributed by atoms with Crippen LogP contribution < -0.4 is 4.74 Å². The number of aliphatic hydroxyl groups is 1. The second-order valence-electron chi connectivity index (χ2n) is 2.86. The van der Waals surface area contributed by atoms with Gasteiger partial charge in [0.2, 0.25) is 0 Å². The van der Waals surface area contributed by atoms with Crippen molar-refractivity contribution in [2.45, 2.75) is 6.92 Å². The van der Waals surface area contributed by atoms with Crippen LogP contribution >= 0.6 is 0 Å². The molecule has 0 aliphatic rings. The number of aliphatic hydroxyl groups excluding tert-OH is 1. The van der Waals surface area contributed by atoms with E-state index < -0.39 is 5.82 Å². The summed E-state index contributed by atoms with van der Waals surface area (Å²) < 4.78 is 23.5. The second-order valence-corrected chi connectivity index (χ2v) is 2.86. The van der Waals surface area contributed by atoms with Crippen molar-refractivity contribution in [3.8, 4) is 17.6 Å². The first kappa shape index (κ1) is 12.5. The van der Waals surface area contributed by atoms with Gasteiger partial charge in [0.05, 0.1) is 5.56 Å². The molecule has 86 valence electrons. The second kappa shape index (κ2) is 6.83. The summed E-state index contributed by atoms with van der Waals surface area (Å²) in [6.45, 7) is 2.19. The summed E-state index contributed by atoms with van der Waals surface area (Å²) in [6, 6.07) is 4.34. The lowest BCUT2D eigenvalue weighted by Gasteiger charge is -2.05. The normalized spacial score (nSPS) is 9.44. The van der Waals surface area contributed by atoms with Crippen molar-refractivity contribution in [2.24, 2.45) is 0 Å². The molecular formula is C12H13FO3. The lowest BCUT2D eigenvalue weighted by atomic mass is 10.2. The van der Waals surface area contributed by atoms with Crippen molar-refractivity contribution in [1.29, 1.82) is 0 Å². The maximum atomic E-state index is 13.4. The molecule has 0 saturated heterocycles. The molecule has 0 aliphatic heterocycles. The Morgan fingerprint density at radius 2 is 2.25 bits per heavy atom. The molecule has 0 aliphatic carbocycles. The molecule has 0 aromatic heterocycles. The van der Waals surface area contributed by atoms with Crippen molar-refractivity contribution >= 4 is 0 Å². The lowest BCUT2D eigenvalue weighted by Crippen LogP contribution is -2.02. The molecule has 0 radical (unpaired) electrons. The molecule has 4 heteroatoms. The Balaban J connectivity index is 2.67. The van der Waals surface area contributed by atoms with Gasteiger partial charge >= 0.3 is 0 Å². The number of halogens is 1. The highest BCUT2D eigenvalue weighted by Crippen LogP contribution is 2.15. The third-order valence-electron chi connectivity index (χ3n) is 1.76. The van der Waals surface area contributed by atoms with Crippen LogP contribution in [0.2, 0.25) is 0 Å². The standard InChI is InChI=1S/C12H13FO3/c1-2-15-9-16-11-6-5-10(4-3-7-14)12(13)8-11/h5-6,8,14H,2,7,9H2,1H3. The SMILES string of the molecule is CCOCOc1ccc(C#CCO)c(F)c1. The Bertz CT molecular complexity index is 393. The van der Waals surface area contributed by atoms with Crippen molar-refractivity contribution in [2.75, 3.05) is 20.0 Å². The van der Waals surface area contributed by atoms with Crippen molar-refractivity contribution in [1.82, 2.24) is 0 Å². The molecule has 0 spiro atoms. The average Bonchev–Trinajstić information content (AvgIpc) is 2.28. The first-order chi connectivity index (χ1) is 7.77. The third kappa shape index (κ3) is 3.89. The first-order valence-corrected chi connectivity index (χ1v) is 4.87. The van der Waals surface area contributed by atoms with E-state index in [2.05, 4.69) is 11.8 Å². The van der Waals surface area contributed by atoms with Gasteiger partial charge in [0.15, 0.2) is 6.79 Å². The van der Waals surface area contributed by atoms with Crippen LogP contribution in [0.15, 0.2) is 18.2 Å². The van der Waals surface area contributed by atoms with Crippen LogP contribution in [-0.4, -0.2) is 25.1 Å². The van der Waals surface area contributed by atoms with E-state index in [4.69, 9.17) is 14.6 Å². The zero-order valence-corrected chi connectivity index (χ0v) is 9.00. The van der Waals surface area contributed by atoms with Crippen LogP contribution in [0.4, 0.5) is 4.39 Å². The van der Waals surface area contributed by atoms with Crippen LogP contribution in [0.5, 0.6) is 5.75 Å². The highest BCUT2D eigenvalue weighted by molar-refractivity contribution is 5.39. The quantitative estimate of drug-likeness (QED) is 0.479. The van der Waals surface area contributed by atoms with Crippen molar-refractivity contribution in [3.05, 3.63) is 29.6 Å². The molecule has 0 fully saturated rings. The summed E-state index contributed by atoms with van der Waals surface area (Å²) >= 11 is 0. The molecule has 1 rings (SSSR count). The number of ether oxygens (including phenoxy) is 2. The smallest absolute Gasteiger partial charge is 0.189 e. The molecule has 0 atom stereocenters. The molecule has 0 saturated carbocycles. The van der Waals surface area contributed by atoms with Gasteiger partial charge in [-0.2, -0.15) is 0 Å². The maximum Gasteiger partial charge on any atom is 0.189 e. The minimum atomic E-state index is -0.477. The number of hydrogen-bond donors (Lipinski definition) is 1. The Kier molecular flexibility index (Phi) is 5.34. The van der Waals surface area contributed by atoms with E-state index in [9.17, 15) is 4.39 Å². The topological polar surface area (TPSA) is 38.7 Å². The molecule has 0 heterocycles. The van der Waals surface area contributed by atoms with E-state index in [1.807, 2.05) is 6.92 Å². The molecule has 3 nitrogen and oxygen atoms in total. The average molecular weight is 224 g/mol. The Morgan fingerprint density at radius 3 is 2.88 bits per heavy atom. The fraction of sp³-hybridized carbons (Fsp3) is 0.333. The summed E-state index contributed by atoms with van der Waals surface area (Å²) in [7, 11) is 0. The van der Waals surface area contributed by atoms with Gasteiger partial charge in [-0.25, -0.2) is 4.39 Å². The molecule has 1 aromatic carbocycles. The number of rotatable bonds is 4. The summed E-state index contributed by atoms with van der Waals surface area (Å²) in [5, 5.41) is 8.48. The van der Waals surface area contributed by atoms with Crippen LogP contribution in [0.25, 0.3) is 0 Å². The van der Waals surface area contributed by atoms with Gasteiger partial charge in [-0.1, -0.05) is 11.8 Å². The van der Waals surface area contributed by atoms with Crippen molar-refractivity contribution < 1.29 is 19.0 Å². The molecular weight excluding hydrogens is 211 g/mol. The van der Waals surface area contributed by atoms with E-state index in [1.54, 1.807) is 6.07 Å². The van der Waals surface area contributed by atoms with Crippen LogP contribution in [0.1, 0.15) is 12.5 Å². The minimum Gasteiger partial charge on any atom is -0.467 e. The van der Waals surface area contributed by atoms with Gasteiger partial charge < -0.3 is 14.6 Å². The van der Waals surface area contributed by atoms with Crippen LogP contribution in [0, 0.1) is 17.7 Å². The monoisotopic (exact) mass is 224 g/mol. The van der Waals surface area contributed by atoms with Crippen LogP contribution in [0.3, 0.4) is 0 Å². The van der Waals surface area contributed by atoms with Gasteiger partial charge in [0.1, 0.15) is 18.2 Å². The van der Waals surface area contributed by atoms with Gasteiger partial charge in [0, 0.05) is 12.7 Å². The molecule has 0 unspecified atom stereocenters.